The molecule has 0 radical (unpaired) electrons. The second-order valence-electron chi connectivity index (χ2n) is 2.88. The van der Waals surface area contributed by atoms with Crippen LogP contribution in [0.25, 0.3) is 11.4 Å². The van der Waals surface area contributed by atoms with Crippen LogP contribution >= 0.6 is 0 Å². The molecule has 5 nitrogen and oxygen atoms in total. The van der Waals surface area contributed by atoms with Crippen molar-refractivity contribution in [3.8, 4) is 17.1 Å². The van der Waals surface area contributed by atoms with E-state index >= 15 is 0 Å². The Morgan fingerprint density at radius 1 is 1.50 bits per heavy atom. The number of rotatable bonds is 1. The van der Waals surface area contributed by atoms with E-state index in [4.69, 9.17) is 0 Å². The molecule has 2 rings (SSSR count). The van der Waals surface area contributed by atoms with E-state index in [0.717, 1.165) is 0 Å². The average molecular weight is 192 g/mol. The Kier molecular flexibility index (Phi) is 1.85. The van der Waals surface area contributed by atoms with Crippen molar-refractivity contribution < 1.29 is 9.63 Å². The highest BCUT2D eigenvalue weighted by Gasteiger charge is 2.08. The maximum absolute atomic E-state index is 11.0. The molecule has 0 atom stereocenters. The van der Waals surface area contributed by atoms with Gasteiger partial charge in [0.25, 0.3) is 0 Å². The summed E-state index contributed by atoms with van der Waals surface area (Å²) in [6.07, 6.45) is 0. The summed E-state index contributed by atoms with van der Waals surface area (Å²) in [7, 11) is 1.55. The molecule has 0 amide bonds. The predicted octanol–water partition coefficient (Wildman–Crippen LogP) is 0.746. The molecule has 0 aliphatic rings. The predicted molar refractivity (Wildman–Crippen MR) is 48.8 cm³/mol. The lowest BCUT2D eigenvalue weighted by molar-refractivity contribution is 0.380. The second-order valence-corrected chi connectivity index (χ2v) is 2.88. The van der Waals surface area contributed by atoms with Crippen LogP contribution in [-0.4, -0.2) is 14.8 Å². The Balaban J connectivity index is 2.60. The normalized spacial score (nSPS) is 10.4. The fraction of sp³-hybridized carbons (Fsp3) is 0.111. The number of benzene rings is 1. The van der Waals surface area contributed by atoms with Crippen molar-refractivity contribution in [3.63, 3.8) is 0 Å². The van der Waals surface area contributed by atoms with Gasteiger partial charge in [-0.3, -0.25) is 9.09 Å². The van der Waals surface area contributed by atoms with Gasteiger partial charge in [0, 0.05) is 12.6 Å². The molecule has 0 unspecified atom stereocenters. The molecular weight excluding hydrogens is 184 g/mol. The van der Waals surface area contributed by atoms with Gasteiger partial charge < -0.3 is 5.11 Å². The van der Waals surface area contributed by atoms with Crippen LogP contribution in [0, 0.1) is 0 Å². The number of aromatic hydroxyl groups is 1. The first-order valence-corrected chi connectivity index (χ1v) is 4.00. The van der Waals surface area contributed by atoms with Gasteiger partial charge in [0.05, 0.1) is 0 Å². The van der Waals surface area contributed by atoms with Crippen molar-refractivity contribution in [2.75, 3.05) is 0 Å². The largest absolute Gasteiger partial charge is 0.508 e. The van der Waals surface area contributed by atoms with Crippen molar-refractivity contribution in [3.05, 3.63) is 34.8 Å². The highest BCUT2D eigenvalue weighted by atomic mass is 16.5. The summed E-state index contributed by atoms with van der Waals surface area (Å²) in [5, 5.41) is 12.8. The van der Waals surface area contributed by atoms with E-state index in [1.165, 1.54) is 10.6 Å². The number of nitrogens with zero attached hydrogens (tertiary/aromatic N) is 2. The smallest absolute Gasteiger partial charge is 0.441 e. The summed E-state index contributed by atoms with van der Waals surface area (Å²) in [6.45, 7) is 0. The molecule has 1 aromatic heterocycles. The number of phenols is 1. The third kappa shape index (κ3) is 1.28. The highest BCUT2D eigenvalue weighted by Crippen LogP contribution is 2.19. The van der Waals surface area contributed by atoms with Crippen LogP contribution in [0.5, 0.6) is 5.75 Å². The lowest BCUT2D eigenvalue weighted by Crippen LogP contribution is -2.09. The van der Waals surface area contributed by atoms with E-state index in [9.17, 15) is 9.90 Å². The summed E-state index contributed by atoms with van der Waals surface area (Å²) in [5.41, 5.74) is 0.637. The molecule has 0 saturated heterocycles. The van der Waals surface area contributed by atoms with Crippen molar-refractivity contribution in [1.29, 1.82) is 0 Å². The molecule has 0 aliphatic carbocycles. The molecule has 2 aromatic rings. The molecule has 14 heavy (non-hydrogen) atoms. The summed E-state index contributed by atoms with van der Waals surface area (Å²) in [6, 6.07) is 6.46. The van der Waals surface area contributed by atoms with Crippen molar-refractivity contribution in [2.24, 2.45) is 7.05 Å². The number of aromatic nitrogens is 2. The minimum atomic E-state index is -0.525. The van der Waals surface area contributed by atoms with Gasteiger partial charge in [-0.15, -0.1) is 0 Å². The Bertz CT molecular complexity index is 513. The number of hydrogen-bond donors (Lipinski definition) is 1. The molecule has 1 N–H and O–H groups in total. The summed E-state index contributed by atoms with van der Waals surface area (Å²) in [4.78, 5) is 11.0. The highest BCUT2D eigenvalue weighted by molar-refractivity contribution is 5.56. The third-order valence-corrected chi connectivity index (χ3v) is 1.91. The van der Waals surface area contributed by atoms with Crippen LogP contribution in [0.1, 0.15) is 0 Å². The van der Waals surface area contributed by atoms with Gasteiger partial charge in [-0.05, 0) is 12.1 Å². The molecule has 5 heteroatoms. The first kappa shape index (κ1) is 8.55. The maximum Gasteiger partial charge on any atom is 0.441 e. The van der Waals surface area contributed by atoms with Crippen molar-refractivity contribution in [2.45, 2.75) is 0 Å². The fourth-order valence-electron chi connectivity index (χ4n) is 1.18. The van der Waals surface area contributed by atoms with Crippen LogP contribution < -0.4 is 5.76 Å². The summed E-state index contributed by atoms with van der Waals surface area (Å²) >= 11 is 0. The van der Waals surface area contributed by atoms with Crippen LogP contribution in [0.2, 0.25) is 0 Å². The van der Waals surface area contributed by atoms with E-state index in [1.807, 2.05) is 0 Å². The zero-order valence-electron chi connectivity index (χ0n) is 7.47. The standard InChI is InChI=1S/C9H8N2O3/c1-11-8(10-14-9(11)13)6-3-2-4-7(12)5-6/h2-5,12H,1H3. The van der Waals surface area contributed by atoms with E-state index in [1.54, 1.807) is 25.2 Å². The third-order valence-electron chi connectivity index (χ3n) is 1.91. The van der Waals surface area contributed by atoms with Crippen LogP contribution in [0.3, 0.4) is 0 Å². The van der Waals surface area contributed by atoms with Crippen LogP contribution in [0.15, 0.2) is 33.6 Å². The molecule has 1 aromatic carbocycles. The van der Waals surface area contributed by atoms with Crippen LogP contribution in [0.4, 0.5) is 0 Å². The van der Waals surface area contributed by atoms with Crippen LogP contribution in [-0.2, 0) is 7.05 Å². The van der Waals surface area contributed by atoms with E-state index < -0.39 is 5.76 Å². The van der Waals surface area contributed by atoms with Crippen molar-refractivity contribution >= 4 is 0 Å². The molecule has 0 bridgehead atoms. The molecule has 1 heterocycles. The Morgan fingerprint density at radius 3 is 2.86 bits per heavy atom. The Morgan fingerprint density at radius 2 is 2.29 bits per heavy atom. The summed E-state index contributed by atoms with van der Waals surface area (Å²) < 4.78 is 5.74. The van der Waals surface area contributed by atoms with Gasteiger partial charge >= 0.3 is 5.76 Å². The Hall–Kier alpha value is -2.04. The van der Waals surface area contributed by atoms with Gasteiger partial charge in [-0.25, -0.2) is 4.79 Å². The first-order chi connectivity index (χ1) is 6.68. The minimum absolute atomic E-state index is 0.123. The number of phenolic OH excluding ortho intramolecular Hbond substituents is 1. The fourth-order valence-corrected chi connectivity index (χ4v) is 1.18. The first-order valence-electron chi connectivity index (χ1n) is 4.00. The van der Waals surface area contributed by atoms with Gasteiger partial charge in [0.1, 0.15) is 5.75 Å². The maximum atomic E-state index is 11.0. The summed E-state index contributed by atoms with van der Waals surface area (Å²) in [5.74, 6) is -0.00723. The second kappa shape index (κ2) is 3.02. The van der Waals surface area contributed by atoms with Gasteiger partial charge in [-0.1, -0.05) is 17.3 Å². The molecule has 0 aliphatic heterocycles. The van der Waals surface area contributed by atoms with E-state index in [2.05, 4.69) is 9.68 Å². The monoisotopic (exact) mass is 192 g/mol. The van der Waals surface area contributed by atoms with E-state index in [0.29, 0.717) is 11.4 Å². The molecule has 0 saturated carbocycles. The Labute approximate surface area is 79.2 Å². The van der Waals surface area contributed by atoms with Gasteiger partial charge in [0.15, 0.2) is 5.82 Å². The zero-order chi connectivity index (χ0) is 10.1. The number of hydrogen-bond acceptors (Lipinski definition) is 4. The van der Waals surface area contributed by atoms with E-state index in [-0.39, 0.29) is 5.75 Å². The zero-order valence-corrected chi connectivity index (χ0v) is 7.47. The molecule has 0 spiro atoms. The lowest BCUT2D eigenvalue weighted by Gasteiger charge is -1.98. The minimum Gasteiger partial charge on any atom is -0.508 e. The van der Waals surface area contributed by atoms with Gasteiger partial charge in [0.2, 0.25) is 0 Å². The topological polar surface area (TPSA) is 68.3 Å². The molecule has 72 valence electrons. The lowest BCUT2D eigenvalue weighted by atomic mass is 10.2. The molecule has 0 fully saturated rings. The van der Waals surface area contributed by atoms with Crippen molar-refractivity contribution in [1.82, 2.24) is 9.72 Å². The molecular formula is C9H8N2O3. The average Bonchev–Trinajstić information content (AvgIpc) is 2.48. The SMILES string of the molecule is Cn1c(-c2cccc(O)c2)noc1=O. The quantitative estimate of drug-likeness (QED) is 0.723. The van der Waals surface area contributed by atoms with Gasteiger partial charge in [-0.2, -0.15) is 0 Å².